The predicted molar refractivity (Wildman–Crippen MR) is 101 cm³/mol. The summed E-state index contributed by atoms with van der Waals surface area (Å²) in [6.07, 6.45) is 6.46. The summed E-state index contributed by atoms with van der Waals surface area (Å²) in [5.74, 6) is 0. The number of hydrogen-bond acceptors (Lipinski definition) is 0. The van der Waals surface area contributed by atoms with Gasteiger partial charge in [-0.25, -0.2) is 0 Å². The van der Waals surface area contributed by atoms with E-state index in [-0.39, 0.29) is 0 Å². The molecule has 0 N–H and O–H groups in total. The molecule has 116 valence electrons. The van der Waals surface area contributed by atoms with Gasteiger partial charge >= 0.3 is 0 Å². The van der Waals surface area contributed by atoms with Gasteiger partial charge in [-0.3, -0.25) is 0 Å². The molecule has 0 radical (unpaired) electrons. The average molecular weight is 358 g/mol. The fourth-order valence-corrected chi connectivity index (χ4v) is 3.85. The van der Waals surface area contributed by atoms with Crippen LogP contribution in [-0.4, -0.2) is 4.57 Å². The maximum absolute atomic E-state index is 3.64. The Morgan fingerprint density at radius 1 is 0.955 bits per heavy atom. The SMILES string of the molecule is CCCCCCc1cccc2c1c1cc(Br)ccc1n2CC. The molecule has 0 saturated carbocycles. The van der Waals surface area contributed by atoms with Crippen molar-refractivity contribution in [1.29, 1.82) is 0 Å². The van der Waals surface area contributed by atoms with Crippen molar-refractivity contribution in [3.63, 3.8) is 0 Å². The second kappa shape index (κ2) is 6.87. The van der Waals surface area contributed by atoms with Crippen LogP contribution in [0.15, 0.2) is 40.9 Å². The molecule has 0 aliphatic heterocycles. The smallest absolute Gasteiger partial charge is 0.0494 e. The van der Waals surface area contributed by atoms with Crippen molar-refractivity contribution >= 4 is 37.7 Å². The van der Waals surface area contributed by atoms with Crippen LogP contribution in [-0.2, 0) is 13.0 Å². The Morgan fingerprint density at radius 2 is 1.82 bits per heavy atom. The summed E-state index contributed by atoms with van der Waals surface area (Å²) >= 11 is 3.64. The van der Waals surface area contributed by atoms with E-state index >= 15 is 0 Å². The zero-order valence-corrected chi connectivity index (χ0v) is 15.1. The summed E-state index contributed by atoms with van der Waals surface area (Å²) < 4.78 is 3.60. The lowest BCUT2D eigenvalue weighted by Crippen LogP contribution is -1.93. The highest BCUT2D eigenvalue weighted by atomic mass is 79.9. The monoisotopic (exact) mass is 357 g/mol. The van der Waals surface area contributed by atoms with E-state index < -0.39 is 0 Å². The number of fused-ring (bicyclic) bond motifs is 3. The third-order valence-electron chi connectivity index (χ3n) is 4.55. The van der Waals surface area contributed by atoms with Crippen LogP contribution >= 0.6 is 15.9 Å². The minimum atomic E-state index is 1.01. The zero-order chi connectivity index (χ0) is 15.5. The van der Waals surface area contributed by atoms with Gasteiger partial charge in [-0.05, 0) is 49.6 Å². The van der Waals surface area contributed by atoms with E-state index in [4.69, 9.17) is 0 Å². The van der Waals surface area contributed by atoms with E-state index in [9.17, 15) is 0 Å². The van der Waals surface area contributed by atoms with E-state index in [0.29, 0.717) is 0 Å². The quantitative estimate of drug-likeness (QED) is 0.432. The second-order valence-electron chi connectivity index (χ2n) is 6.03. The van der Waals surface area contributed by atoms with Gasteiger partial charge in [0.25, 0.3) is 0 Å². The third kappa shape index (κ3) is 2.81. The van der Waals surface area contributed by atoms with Crippen molar-refractivity contribution in [1.82, 2.24) is 4.57 Å². The van der Waals surface area contributed by atoms with Crippen molar-refractivity contribution in [2.75, 3.05) is 0 Å². The molecular formula is C20H24BrN. The molecule has 22 heavy (non-hydrogen) atoms. The normalized spacial score (nSPS) is 11.6. The molecule has 0 aliphatic carbocycles. The summed E-state index contributed by atoms with van der Waals surface area (Å²) in [6.45, 7) is 5.52. The van der Waals surface area contributed by atoms with Gasteiger partial charge in [-0.2, -0.15) is 0 Å². The van der Waals surface area contributed by atoms with Gasteiger partial charge in [0.1, 0.15) is 0 Å². The summed E-state index contributed by atoms with van der Waals surface area (Å²) in [5, 5.41) is 2.84. The van der Waals surface area contributed by atoms with Crippen molar-refractivity contribution in [2.45, 2.75) is 52.5 Å². The molecule has 0 saturated heterocycles. The average Bonchev–Trinajstić information content (AvgIpc) is 2.85. The van der Waals surface area contributed by atoms with Gasteiger partial charge in [0.05, 0.1) is 0 Å². The molecule has 0 unspecified atom stereocenters. The molecule has 0 bridgehead atoms. The summed E-state index contributed by atoms with van der Waals surface area (Å²) in [6, 6.07) is 13.5. The van der Waals surface area contributed by atoms with Gasteiger partial charge in [0.15, 0.2) is 0 Å². The van der Waals surface area contributed by atoms with E-state index in [0.717, 1.165) is 11.0 Å². The minimum Gasteiger partial charge on any atom is -0.341 e. The Morgan fingerprint density at radius 3 is 2.59 bits per heavy atom. The maximum Gasteiger partial charge on any atom is 0.0494 e. The lowest BCUT2D eigenvalue weighted by molar-refractivity contribution is 0.668. The maximum atomic E-state index is 3.64. The molecule has 0 amide bonds. The molecule has 0 fully saturated rings. The van der Waals surface area contributed by atoms with Crippen molar-refractivity contribution in [2.24, 2.45) is 0 Å². The number of rotatable bonds is 6. The van der Waals surface area contributed by atoms with Crippen LogP contribution in [0.3, 0.4) is 0 Å². The first kappa shape index (κ1) is 15.6. The number of benzene rings is 2. The Labute approximate surface area is 141 Å². The lowest BCUT2D eigenvalue weighted by atomic mass is 10.0. The molecule has 1 heterocycles. The fraction of sp³-hybridized carbons (Fsp3) is 0.400. The van der Waals surface area contributed by atoms with Crippen molar-refractivity contribution in [3.05, 3.63) is 46.4 Å². The fourth-order valence-electron chi connectivity index (χ4n) is 3.49. The Bertz CT molecular complexity index is 785. The number of aromatic nitrogens is 1. The first-order valence-corrected chi connectivity index (χ1v) is 9.25. The molecule has 0 atom stereocenters. The second-order valence-corrected chi connectivity index (χ2v) is 6.94. The van der Waals surface area contributed by atoms with Crippen LogP contribution in [0.2, 0.25) is 0 Å². The first-order chi connectivity index (χ1) is 10.8. The van der Waals surface area contributed by atoms with Crippen LogP contribution < -0.4 is 0 Å². The van der Waals surface area contributed by atoms with Crippen LogP contribution in [0, 0.1) is 0 Å². The van der Waals surface area contributed by atoms with E-state index in [1.165, 1.54) is 59.5 Å². The molecule has 1 nitrogen and oxygen atoms in total. The molecule has 1 aromatic heterocycles. The Kier molecular flexibility index (Phi) is 4.87. The highest BCUT2D eigenvalue weighted by Gasteiger charge is 2.12. The highest BCUT2D eigenvalue weighted by Crippen LogP contribution is 2.34. The third-order valence-corrected chi connectivity index (χ3v) is 5.05. The molecule has 3 rings (SSSR count). The lowest BCUT2D eigenvalue weighted by Gasteiger charge is -2.06. The van der Waals surface area contributed by atoms with Crippen molar-refractivity contribution < 1.29 is 0 Å². The van der Waals surface area contributed by atoms with Gasteiger partial charge in [0, 0.05) is 32.8 Å². The molecule has 0 spiro atoms. The summed E-state index contributed by atoms with van der Waals surface area (Å²) in [5.41, 5.74) is 4.23. The number of halogens is 1. The van der Waals surface area contributed by atoms with Crippen LogP contribution in [0.5, 0.6) is 0 Å². The van der Waals surface area contributed by atoms with Crippen LogP contribution in [0.4, 0.5) is 0 Å². The first-order valence-electron chi connectivity index (χ1n) is 8.45. The van der Waals surface area contributed by atoms with Crippen LogP contribution in [0.25, 0.3) is 21.8 Å². The number of nitrogens with zero attached hydrogens (tertiary/aromatic N) is 1. The molecule has 3 aromatic rings. The number of unbranched alkanes of at least 4 members (excludes halogenated alkanes) is 3. The van der Waals surface area contributed by atoms with Crippen LogP contribution in [0.1, 0.15) is 45.1 Å². The highest BCUT2D eigenvalue weighted by molar-refractivity contribution is 9.10. The molecule has 0 aliphatic rings. The predicted octanol–water partition coefficient (Wildman–Crippen LogP) is 6.70. The van der Waals surface area contributed by atoms with E-state index in [2.05, 4.69) is 70.7 Å². The standard InChI is InChI=1S/C20H24BrN/c1-3-5-6-7-9-15-10-8-11-19-20(15)17-14-16(21)12-13-18(17)22(19)4-2/h8,10-14H,3-7,9H2,1-2H3. The largest absolute Gasteiger partial charge is 0.341 e. The van der Waals surface area contributed by atoms with E-state index in [1.54, 1.807) is 0 Å². The van der Waals surface area contributed by atoms with Gasteiger partial charge in [-0.1, -0.05) is 54.2 Å². The summed E-state index contributed by atoms with van der Waals surface area (Å²) in [7, 11) is 0. The Hall–Kier alpha value is -1.28. The van der Waals surface area contributed by atoms with Gasteiger partial charge in [0.2, 0.25) is 0 Å². The number of hydrogen-bond donors (Lipinski definition) is 0. The minimum absolute atomic E-state index is 1.01. The van der Waals surface area contributed by atoms with Gasteiger partial charge in [-0.15, -0.1) is 0 Å². The number of aryl methyl sites for hydroxylation is 2. The molecule has 2 heteroatoms. The summed E-state index contributed by atoms with van der Waals surface area (Å²) in [4.78, 5) is 0. The molecule has 2 aromatic carbocycles. The Balaban J connectivity index is 2.13. The van der Waals surface area contributed by atoms with Gasteiger partial charge < -0.3 is 4.57 Å². The topological polar surface area (TPSA) is 4.93 Å². The molecular weight excluding hydrogens is 334 g/mol. The zero-order valence-electron chi connectivity index (χ0n) is 13.5. The van der Waals surface area contributed by atoms with Crippen molar-refractivity contribution in [3.8, 4) is 0 Å². The van der Waals surface area contributed by atoms with E-state index in [1.807, 2.05) is 0 Å².